The number of nitrogens with two attached hydrogens (primary N) is 1. The first-order chi connectivity index (χ1) is 8.56. The average molecular weight is 254 g/mol. The molecule has 0 aromatic heterocycles. The van der Waals surface area contributed by atoms with Crippen molar-refractivity contribution in [1.82, 2.24) is 4.90 Å². The molecule has 2 atom stereocenters. The van der Waals surface area contributed by atoms with Gasteiger partial charge in [-0.05, 0) is 32.1 Å². The zero-order valence-corrected chi connectivity index (χ0v) is 10.7. The SMILES string of the molecule is C=CCC(N)C(=O)N1CCCCC1CCC(=O)O. The second-order valence-electron chi connectivity index (χ2n) is 4.74. The van der Waals surface area contributed by atoms with Crippen LogP contribution in [0.3, 0.4) is 0 Å². The van der Waals surface area contributed by atoms with Crippen LogP contribution < -0.4 is 5.73 Å². The minimum absolute atomic E-state index is 0.0261. The van der Waals surface area contributed by atoms with Gasteiger partial charge in [0.2, 0.25) is 5.91 Å². The highest BCUT2D eigenvalue weighted by Crippen LogP contribution is 2.21. The van der Waals surface area contributed by atoms with Gasteiger partial charge in [0.15, 0.2) is 0 Å². The Labute approximate surface area is 108 Å². The highest BCUT2D eigenvalue weighted by molar-refractivity contribution is 5.82. The van der Waals surface area contributed by atoms with Gasteiger partial charge in [-0.3, -0.25) is 9.59 Å². The molecule has 0 aromatic rings. The van der Waals surface area contributed by atoms with Crippen LogP contribution in [-0.2, 0) is 9.59 Å². The van der Waals surface area contributed by atoms with E-state index in [0.717, 1.165) is 19.3 Å². The summed E-state index contributed by atoms with van der Waals surface area (Å²) in [5.74, 6) is -0.895. The smallest absolute Gasteiger partial charge is 0.303 e. The number of carbonyl (C=O) groups is 2. The van der Waals surface area contributed by atoms with E-state index in [4.69, 9.17) is 10.8 Å². The molecule has 1 amide bonds. The van der Waals surface area contributed by atoms with Crippen molar-refractivity contribution >= 4 is 11.9 Å². The van der Waals surface area contributed by atoms with Crippen molar-refractivity contribution in [2.45, 2.75) is 50.6 Å². The molecule has 1 aliphatic rings. The Balaban J connectivity index is 2.60. The van der Waals surface area contributed by atoms with Crippen molar-refractivity contribution in [2.24, 2.45) is 5.73 Å². The van der Waals surface area contributed by atoms with Gasteiger partial charge < -0.3 is 15.7 Å². The maximum absolute atomic E-state index is 12.1. The van der Waals surface area contributed by atoms with Gasteiger partial charge in [-0.1, -0.05) is 6.08 Å². The van der Waals surface area contributed by atoms with Crippen LogP contribution in [0.1, 0.15) is 38.5 Å². The van der Waals surface area contributed by atoms with Crippen molar-refractivity contribution in [2.75, 3.05) is 6.54 Å². The normalized spacial score (nSPS) is 21.4. The van der Waals surface area contributed by atoms with Gasteiger partial charge in [-0.2, -0.15) is 0 Å². The summed E-state index contributed by atoms with van der Waals surface area (Å²) in [5, 5.41) is 8.72. The van der Waals surface area contributed by atoms with Crippen LogP contribution in [0, 0.1) is 0 Å². The van der Waals surface area contributed by atoms with E-state index in [-0.39, 0.29) is 18.4 Å². The second kappa shape index (κ2) is 7.16. The Morgan fingerprint density at radius 3 is 2.83 bits per heavy atom. The molecule has 1 heterocycles. The molecule has 2 unspecified atom stereocenters. The van der Waals surface area contributed by atoms with Crippen LogP contribution in [0.15, 0.2) is 12.7 Å². The molecule has 18 heavy (non-hydrogen) atoms. The molecule has 3 N–H and O–H groups in total. The monoisotopic (exact) mass is 254 g/mol. The third-order valence-electron chi connectivity index (χ3n) is 3.34. The number of likely N-dealkylation sites (tertiary alicyclic amines) is 1. The van der Waals surface area contributed by atoms with E-state index in [1.54, 1.807) is 11.0 Å². The third-order valence-corrected chi connectivity index (χ3v) is 3.34. The molecule has 1 fully saturated rings. The van der Waals surface area contributed by atoms with Crippen LogP contribution in [0.25, 0.3) is 0 Å². The van der Waals surface area contributed by atoms with Gasteiger partial charge >= 0.3 is 5.97 Å². The molecular formula is C13H22N2O3. The van der Waals surface area contributed by atoms with Crippen molar-refractivity contribution in [1.29, 1.82) is 0 Å². The zero-order chi connectivity index (χ0) is 13.5. The number of carboxylic acids is 1. The topological polar surface area (TPSA) is 83.6 Å². The van der Waals surface area contributed by atoms with Crippen molar-refractivity contribution in [3.8, 4) is 0 Å². The van der Waals surface area contributed by atoms with E-state index in [0.29, 0.717) is 19.4 Å². The van der Waals surface area contributed by atoms with Crippen LogP contribution in [0.5, 0.6) is 0 Å². The fourth-order valence-electron chi connectivity index (χ4n) is 2.37. The van der Waals surface area contributed by atoms with E-state index in [1.807, 2.05) is 0 Å². The minimum atomic E-state index is -0.816. The van der Waals surface area contributed by atoms with Crippen LogP contribution >= 0.6 is 0 Å². The molecule has 0 aliphatic carbocycles. The van der Waals surface area contributed by atoms with Gasteiger partial charge in [0.25, 0.3) is 0 Å². The van der Waals surface area contributed by atoms with Crippen molar-refractivity contribution in [3.05, 3.63) is 12.7 Å². The molecule has 102 valence electrons. The Bertz CT molecular complexity index is 317. The number of carbonyl (C=O) groups excluding carboxylic acids is 1. The van der Waals surface area contributed by atoms with Gasteiger partial charge in [0.1, 0.15) is 0 Å². The quantitative estimate of drug-likeness (QED) is 0.696. The maximum atomic E-state index is 12.1. The summed E-state index contributed by atoms with van der Waals surface area (Å²) in [5.41, 5.74) is 5.80. The summed E-state index contributed by atoms with van der Waals surface area (Å²) >= 11 is 0. The fraction of sp³-hybridized carbons (Fsp3) is 0.692. The zero-order valence-electron chi connectivity index (χ0n) is 10.7. The Morgan fingerprint density at radius 1 is 1.50 bits per heavy atom. The van der Waals surface area contributed by atoms with Crippen LogP contribution in [0.2, 0.25) is 0 Å². The molecule has 5 heteroatoms. The Kier molecular flexibility index (Phi) is 5.85. The summed E-state index contributed by atoms with van der Waals surface area (Å²) in [6.45, 7) is 4.27. The second-order valence-corrected chi connectivity index (χ2v) is 4.74. The fourth-order valence-corrected chi connectivity index (χ4v) is 2.37. The Hall–Kier alpha value is -1.36. The Morgan fingerprint density at radius 2 is 2.22 bits per heavy atom. The summed E-state index contributed by atoms with van der Waals surface area (Å²) in [6.07, 6.45) is 5.60. The summed E-state index contributed by atoms with van der Waals surface area (Å²) in [6, 6.07) is -0.522. The molecule has 5 nitrogen and oxygen atoms in total. The van der Waals surface area contributed by atoms with E-state index in [1.165, 1.54) is 0 Å². The molecule has 1 rings (SSSR count). The molecule has 0 saturated carbocycles. The van der Waals surface area contributed by atoms with E-state index in [9.17, 15) is 9.59 Å². The first kappa shape index (κ1) is 14.7. The number of carboxylic acid groups (broad SMARTS) is 1. The van der Waals surface area contributed by atoms with Crippen molar-refractivity contribution < 1.29 is 14.7 Å². The van der Waals surface area contributed by atoms with E-state index >= 15 is 0 Å². The minimum Gasteiger partial charge on any atom is -0.481 e. The van der Waals surface area contributed by atoms with Crippen LogP contribution in [0.4, 0.5) is 0 Å². The molecule has 1 saturated heterocycles. The highest BCUT2D eigenvalue weighted by Gasteiger charge is 2.29. The standard InChI is InChI=1S/C13H22N2O3/c1-2-5-11(14)13(18)15-9-4-3-6-10(15)7-8-12(16)17/h2,10-11H,1,3-9,14H2,(H,16,17). The van der Waals surface area contributed by atoms with Crippen molar-refractivity contribution in [3.63, 3.8) is 0 Å². The summed E-state index contributed by atoms with van der Waals surface area (Å²) < 4.78 is 0. The maximum Gasteiger partial charge on any atom is 0.303 e. The lowest BCUT2D eigenvalue weighted by molar-refractivity contribution is -0.140. The molecule has 0 radical (unpaired) electrons. The molecule has 1 aliphatic heterocycles. The molecule has 0 aromatic carbocycles. The average Bonchev–Trinajstić information content (AvgIpc) is 2.36. The van der Waals surface area contributed by atoms with Gasteiger partial charge in [0, 0.05) is 19.0 Å². The summed E-state index contributed by atoms with van der Waals surface area (Å²) in [7, 11) is 0. The number of nitrogens with zero attached hydrogens (tertiary/aromatic N) is 1. The predicted octanol–water partition coefficient (Wildman–Crippen LogP) is 1.14. The van der Waals surface area contributed by atoms with Crippen LogP contribution in [-0.4, -0.2) is 40.5 Å². The number of hydrogen-bond donors (Lipinski definition) is 2. The lowest BCUT2D eigenvalue weighted by atomic mass is 9.96. The molecule has 0 bridgehead atoms. The third kappa shape index (κ3) is 4.14. The first-order valence-electron chi connectivity index (χ1n) is 6.45. The van der Waals surface area contributed by atoms with E-state index < -0.39 is 12.0 Å². The number of hydrogen-bond acceptors (Lipinski definition) is 3. The van der Waals surface area contributed by atoms with Gasteiger partial charge in [-0.25, -0.2) is 0 Å². The predicted molar refractivity (Wildman–Crippen MR) is 69.0 cm³/mol. The van der Waals surface area contributed by atoms with Gasteiger partial charge in [0.05, 0.1) is 6.04 Å². The lowest BCUT2D eigenvalue weighted by Crippen LogP contribution is -2.50. The van der Waals surface area contributed by atoms with Gasteiger partial charge in [-0.15, -0.1) is 6.58 Å². The number of aliphatic carboxylic acids is 1. The number of rotatable bonds is 6. The number of amides is 1. The molecular weight excluding hydrogens is 232 g/mol. The highest BCUT2D eigenvalue weighted by atomic mass is 16.4. The van der Waals surface area contributed by atoms with E-state index in [2.05, 4.69) is 6.58 Å². The first-order valence-corrected chi connectivity index (χ1v) is 6.45. The lowest BCUT2D eigenvalue weighted by Gasteiger charge is -2.37. The largest absolute Gasteiger partial charge is 0.481 e. The molecule has 0 spiro atoms. The number of piperidine rings is 1. The summed E-state index contributed by atoms with van der Waals surface area (Å²) in [4.78, 5) is 24.5.